The lowest BCUT2D eigenvalue weighted by Gasteiger charge is -2.19. The zero-order valence-electron chi connectivity index (χ0n) is 12.7. The summed E-state index contributed by atoms with van der Waals surface area (Å²) in [5, 5.41) is 3.05. The Morgan fingerprint density at radius 2 is 1.85 bits per heavy atom. The molecule has 0 saturated heterocycles. The second kappa shape index (κ2) is 7.24. The summed E-state index contributed by atoms with van der Waals surface area (Å²) in [6.45, 7) is 1.34. The SMILES string of the molecule is Cc1cc(Cl)c(-n2cnc(C(F)(F)F)n2)cc1[S+]([O-])CC(F)(F)C(F)F. The Morgan fingerprint density at radius 3 is 2.35 bits per heavy atom. The molecule has 13 heteroatoms. The van der Waals surface area contributed by atoms with Gasteiger partial charge in [0, 0.05) is 11.6 Å². The largest absolute Gasteiger partial charge is 0.611 e. The Balaban J connectivity index is 2.42. The van der Waals surface area contributed by atoms with Crippen LogP contribution in [0.5, 0.6) is 0 Å². The molecule has 1 atom stereocenters. The molecule has 0 aliphatic carbocycles. The number of hydrogen-bond acceptors (Lipinski definition) is 3. The van der Waals surface area contributed by atoms with Gasteiger partial charge in [0.15, 0.2) is 10.6 Å². The van der Waals surface area contributed by atoms with Crippen molar-refractivity contribution in [3.8, 4) is 5.69 Å². The fraction of sp³-hybridized carbons (Fsp3) is 0.385. The van der Waals surface area contributed by atoms with Crippen LogP contribution in [0.4, 0.5) is 30.7 Å². The van der Waals surface area contributed by atoms with Crippen LogP contribution in [0.3, 0.4) is 0 Å². The van der Waals surface area contributed by atoms with Crippen molar-refractivity contribution in [3.63, 3.8) is 0 Å². The van der Waals surface area contributed by atoms with Gasteiger partial charge in [0.05, 0.1) is 10.7 Å². The number of aromatic nitrogens is 3. The van der Waals surface area contributed by atoms with E-state index in [0.29, 0.717) is 11.0 Å². The molecule has 0 aliphatic heterocycles. The summed E-state index contributed by atoms with van der Waals surface area (Å²) in [6.07, 6.45) is -8.16. The maximum absolute atomic E-state index is 13.1. The summed E-state index contributed by atoms with van der Waals surface area (Å²) < 4.78 is 101. The van der Waals surface area contributed by atoms with Crippen LogP contribution in [0.25, 0.3) is 5.69 Å². The van der Waals surface area contributed by atoms with Gasteiger partial charge in [-0.1, -0.05) is 11.6 Å². The third kappa shape index (κ3) is 4.41. The fourth-order valence-electron chi connectivity index (χ4n) is 1.89. The minimum atomic E-state index is -4.83. The predicted octanol–water partition coefficient (Wildman–Crippen LogP) is 4.26. The van der Waals surface area contributed by atoms with Gasteiger partial charge in [-0.3, -0.25) is 0 Å². The van der Waals surface area contributed by atoms with Gasteiger partial charge in [-0.25, -0.2) is 18.4 Å². The van der Waals surface area contributed by atoms with Crippen LogP contribution in [0.2, 0.25) is 5.02 Å². The summed E-state index contributed by atoms with van der Waals surface area (Å²) in [6, 6.07) is 2.10. The Kier molecular flexibility index (Phi) is 5.78. The minimum absolute atomic E-state index is 0.123. The Bertz CT molecular complexity index is 797. The number of nitrogens with zero attached hydrogens (tertiary/aromatic N) is 3. The molecule has 1 aromatic carbocycles. The van der Waals surface area contributed by atoms with Gasteiger partial charge in [-0.2, -0.15) is 22.0 Å². The van der Waals surface area contributed by atoms with Crippen LogP contribution in [-0.4, -0.2) is 37.4 Å². The van der Waals surface area contributed by atoms with Crippen molar-refractivity contribution in [2.24, 2.45) is 0 Å². The topological polar surface area (TPSA) is 53.8 Å². The second-order valence-electron chi connectivity index (χ2n) is 5.13. The number of rotatable bonds is 5. The van der Waals surface area contributed by atoms with E-state index in [1.54, 1.807) is 0 Å². The molecule has 0 amide bonds. The molecule has 0 spiro atoms. The first-order chi connectivity index (χ1) is 11.8. The zero-order valence-corrected chi connectivity index (χ0v) is 14.3. The van der Waals surface area contributed by atoms with Gasteiger partial charge in [-0.05, 0) is 24.2 Å². The molecule has 0 fully saturated rings. The first kappa shape index (κ1) is 20.8. The minimum Gasteiger partial charge on any atom is -0.611 e. The van der Waals surface area contributed by atoms with Crippen LogP contribution >= 0.6 is 11.6 Å². The van der Waals surface area contributed by atoms with Gasteiger partial charge in [-0.15, -0.1) is 5.10 Å². The molecule has 1 unspecified atom stereocenters. The average molecular weight is 424 g/mol. The maximum Gasteiger partial charge on any atom is 0.453 e. The second-order valence-corrected chi connectivity index (χ2v) is 6.96. The monoisotopic (exact) mass is 423 g/mol. The molecule has 26 heavy (non-hydrogen) atoms. The predicted molar refractivity (Wildman–Crippen MR) is 78.3 cm³/mol. The molecule has 144 valence electrons. The van der Waals surface area contributed by atoms with Gasteiger partial charge in [0.2, 0.25) is 0 Å². The van der Waals surface area contributed by atoms with Gasteiger partial charge in [0.25, 0.3) is 5.82 Å². The van der Waals surface area contributed by atoms with Crippen LogP contribution in [0, 0.1) is 6.92 Å². The lowest BCUT2D eigenvalue weighted by atomic mass is 10.2. The van der Waals surface area contributed by atoms with Crippen molar-refractivity contribution >= 4 is 22.8 Å². The summed E-state index contributed by atoms with van der Waals surface area (Å²) in [5.74, 6) is -7.62. The molecule has 0 bridgehead atoms. The molecule has 0 saturated carbocycles. The number of benzene rings is 1. The fourth-order valence-corrected chi connectivity index (χ4v) is 3.48. The molecule has 0 radical (unpaired) electrons. The Labute approximate surface area is 150 Å². The molecular formula is C13H9ClF7N3OS. The van der Waals surface area contributed by atoms with Crippen LogP contribution in [-0.2, 0) is 17.4 Å². The van der Waals surface area contributed by atoms with Crippen molar-refractivity contribution in [1.82, 2.24) is 14.8 Å². The molecular weight excluding hydrogens is 415 g/mol. The van der Waals surface area contributed by atoms with Gasteiger partial charge >= 0.3 is 18.5 Å². The number of halogens is 8. The molecule has 0 aliphatic rings. The molecule has 4 nitrogen and oxygen atoms in total. The van der Waals surface area contributed by atoms with Crippen molar-refractivity contribution in [2.75, 3.05) is 5.75 Å². The van der Waals surface area contributed by atoms with Crippen LogP contribution in [0.15, 0.2) is 23.4 Å². The highest BCUT2D eigenvalue weighted by atomic mass is 35.5. The van der Waals surface area contributed by atoms with E-state index in [1.165, 1.54) is 6.92 Å². The maximum atomic E-state index is 13.1. The Hall–Kier alpha value is -1.53. The molecule has 1 aromatic heterocycles. The van der Waals surface area contributed by atoms with E-state index in [0.717, 1.165) is 12.1 Å². The third-order valence-electron chi connectivity index (χ3n) is 3.12. The van der Waals surface area contributed by atoms with E-state index in [4.69, 9.17) is 11.6 Å². The molecule has 1 heterocycles. The summed E-state index contributed by atoms with van der Waals surface area (Å²) in [4.78, 5) is 2.77. The van der Waals surface area contributed by atoms with Gasteiger partial charge < -0.3 is 4.55 Å². The van der Waals surface area contributed by atoms with E-state index in [9.17, 15) is 35.3 Å². The quantitative estimate of drug-likeness (QED) is 0.533. The highest BCUT2D eigenvalue weighted by Gasteiger charge is 2.46. The van der Waals surface area contributed by atoms with Gasteiger partial charge in [0.1, 0.15) is 6.33 Å². The van der Waals surface area contributed by atoms with Crippen LogP contribution < -0.4 is 0 Å². The third-order valence-corrected chi connectivity index (χ3v) is 5.00. The highest BCUT2D eigenvalue weighted by molar-refractivity contribution is 7.91. The normalized spacial score (nSPS) is 14.1. The standard InChI is InChI=1S/C13H9ClF7N3OS/c1-6-2-7(14)8(24-5-22-11(23-24)13(19,20)21)3-9(6)26(25)4-12(17,18)10(15)16/h2-3,5,10H,4H2,1H3. The van der Waals surface area contributed by atoms with Crippen molar-refractivity contribution in [2.45, 2.75) is 30.3 Å². The molecule has 0 N–H and O–H groups in total. The zero-order chi connectivity index (χ0) is 19.9. The summed E-state index contributed by atoms with van der Waals surface area (Å²) in [7, 11) is 0. The van der Waals surface area contributed by atoms with E-state index in [2.05, 4.69) is 10.1 Å². The molecule has 2 rings (SSSR count). The van der Waals surface area contributed by atoms with E-state index in [-0.39, 0.29) is 21.2 Å². The van der Waals surface area contributed by atoms with Crippen molar-refractivity contribution in [3.05, 3.63) is 34.9 Å². The van der Waals surface area contributed by atoms with E-state index in [1.807, 2.05) is 0 Å². The van der Waals surface area contributed by atoms with E-state index >= 15 is 0 Å². The summed E-state index contributed by atoms with van der Waals surface area (Å²) in [5.41, 5.74) is -0.0812. The van der Waals surface area contributed by atoms with Crippen LogP contribution in [0.1, 0.15) is 11.4 Å². The number of alkyl halides is 7. The summed E-state index contributed by atoms with van der Waals surface area (Å²) >= 11 is 3.35. The molecule has 2 aromatic rings. The lowest BCUT2D eigenvalue weighted by molar-refractivity contribution is -0.144. The first-order valence-corrected chi connectivity index (χ1v) is 8.36. The van der Waals surface area contributed by atoms with Crippen molar-refractivity contribution in [1.29, 1.82) is 0 Å². The average Bonchev–Trinajstić information content (AvgIpc) is 2.96. The van der Waals surface area contributed by atoms with E-state index < -0.39 is 41.3 Å². The highest BCUT2D eigenvalue weighted by Crippen LogP contribution is 2.33. The number of aryl methyl sites for hydroxylation is 1. The lowest BCUT2D eigenvalue weighted by Crippen LogP contribution is -2.35. The first-order valence-electron chi connectivity index (χ1n) is 6.66. The number of hydrogen-bond donors (Lipinski definition) is 0. The Morgan fingerprint density at radius 1 is 1.23 bits per heavy atom. The van der Waals surface area contributed by atoms with Crippen molar-refractivity contribution < 1.29 is 35.3 Å². The smallest absolute Gasteiger partial charge is 0.453 e.